The van der Waals surface area contributed by atoms with E-state index in [1.54, 1.807) is 42.7 Å². The van der Waals surface area contributed by atoms with Gasteiger partial charge in [-0.3, -0.25) is 0 Å². The summed E-state index contributed by atoms with van der Waals surface area (Å²) in [5.41, 5.74) is 0. The highest BCUT2D eigenvalue weighted by Gasteiger charge is 2.84. The highest BCUT2D eigenvalue weighted by Crippen LogP contribution is 2.36. The van der Waals surface area contributed by atoms with Crippen LogP contribution >= 0.6 is 0 Å². The summed E-state index contributed by atoms with van der Waals surface area (Å²) in [5, 5.41) is 0. The summed E-state index contributed by atoms with van der Waals surface area (Å²) >= 11 is 0. The first kappa shape index (κ1) is 28.6. The molecular weight excluding hydrogens is 457 g/mol. The van der Waals surface area contributed by atoms with Gasteiger partial charge in [-0.05, 0) is 12.8 Å². The van der Waals surface area contributed by atoms with Crippen molar-refractivity contribution in [2.45, 2.75) is 76.7 Å². The average Bonchev–Trinajstić information content (AvgIpc) is 2.78. The number of rotatable bonds is 11. The van der Waals surface area contributed by atoms with Crippen LogP contribution in [0.2, 0.25) is 0 Å². The lowest BCUT2D eigenvalue weighted by atomic mass is 10.00. The second-order valence-corrected chi connectivity index (χ2v) is 24.6. The monoisotopic (exact) mass is 500 g/mol. The van der Waals surface area contributed by atoms with E-state index < -0.39 is 24.2 Å². The molecule has 12 heteroatoms. The average molecular weight is 501 g/mol. The van der Waals surface area contributed by atoms with Crippen molar-refractivity contribution in [3.63, 3.8) is 0 Å². The third-order valence-corrected chi connectivity index (χ3v) is 32.3. The molecule has 0 radical (unpaired) electrons. The Labute approximate surface area is 189 Å². The van der Waals surface area contributed by atoms with Crippen LogP contribution in [0.3, 0.4) is 0 Å². The van der Waals surface area contributed by atoms with Crippen LogP contribution in [-0.4, -0.2) is 83.5 Å². The van der Waals surface area contributed by atoms with Crippen LogP contribution in [0.1, 0.15) is 70.6 Å². The summed E-state index contributed by atoms with van der Waals surface area (Å²) < 4.78 is 48.7. The van der Waals surface area contributed by atoms with E-state index in [2.05, 4.69) is 0 Å². The van der Waals surface area contributed by atoms with Gasteiger partial charge in [0, 0.05) is 48.8 Å². The van der Waals surface area contributed by atoms with Gasteiger partial charge in [0.15, 0.2) is 0 Å². The van der Waals surface area contributed by atoms with E-state index in [1.165, 1.54) is 44.9 Å². The molecule has 0 aromatic rings. The fourth-order valence-corrected chi connectivity index (χ4v) is 32.0. The molecule has 0 aromatic carbocycles. The van der Waals surface area contributed by atoms with Crippen molar-refractivity contribution in [3.8, 4) is 0 Å². The van der Waals surface area contributed by atoms with Gasteiger partial charge in [0.25, 0.3) is 0 Å². The molecule has 30 heavy (non-hydrogen) atoms. The van der Waals surface area contributed by atoms with Crippen molar-refractivity contribution in [2.75, 3.05) is 42.7 Å². The van der Waals surface area contributed by atoms with Crippen molar-refractivity contribution in [2.24, 2.45) is 0 Å². The molecule has 0 aromatic heterocycles. The van der Waals surface area contributed by atoms with Crippen molar-refractivity contribution in [3.05, 3.63) is 0 Å². The summed E-state index contributed by atoms with van der Waals surface area (Å²) in [6, 6.07) is 0. The van der Waals surface area contributed by atoms with E-state index in [9.17, 15) is 0 Å². The number of hydrogen-bond donors (Lipinski definition) is 0. The Morgan fingerprint density at radius 3 is 1.10 bits per heavy atom. The van der Waals surface area contributed by atoms with E-state index in [-0.39, 0.29) is 6.10 Å². The molecule has 0 amide bonds. The fourth-order valence-electron chi connectivity index (χ4n) is 4.41. The Hall–Kier alpha value is 0.548. The van der Waals surface area contributed by atoms with E-state index in [0.29, 0.717) is 10.5 Å². The normalized spacial score (nSPS) is 19.4. The fraction of sp³-hybridized carbons (Fsp3) is 1.00. The highest BCUT2D eigenvalue weighted by atomic mass is 29.7. The summed E-state index contributed by atoms with van der Waals surface area (Å²) in [5.74, 6) is 0. The maximum Gasteiger partial charge on any atom is 0.542 e. The Kier molecular flexibility index (Phi) is 14.0. The minimum atomic E-state index is -3.50. The molecule has 0 spiro atoms. The van der Waals surface area contributed by atoms with Crippen molar-refractivity contribution in [1.29, 1.82) is 0 Å². The molecule has 1 aliphatic carbocycles. The van der Waals surface area contributed by atoms with Gasteiger partial charge < -0.3 is 35.1 Å². The van der Waals surface area contributed by atoms with Gasteiger partial charge in [0.2, 0.25) is 0 Å². The van der Waals surface area contributed by atoms with Crippen LogP contribution in [0.5, 0.6) is 0 Å². The smallest absolute Gasteiger partial charge is 0.439 e. The van der Waals surface area contributed by atoms with Gasteiger partial charge in [0.1, 0.15) is 10.5 Å². The quantitative estimate of drug-likeness (QED) is 0.400. The standard InChI is InChI=1S/C18H44O8Si4/c1-19-28(20-2,21-3)30(26-27,29(22-4,23-5)24-6)25-18-16-14-12-10-8-7-9-11-13-15-17-18/h18H,7-17H2,1-6,27H3. The lowest BCUT2D eigenvalue weighted by molar-refractivity contribution is 0.0704. The van der Waals surface area contributed by atoms with E-state index in [4.69, 9.17) is 35.1 Å². The predicted octanol–water partition coefficient (Wildman–Crippen LogP) is 2.33. The zero-order chi connectivity index (χ0) is 22.5. The molecule has 0 aliphatic heterocycles. The van der Waals surface area contributed by atoms with Gasteiger partial charge in [0.05, 0.1) is 0 Å². The van der Waals surface area contributed by atoms with Crippen molar-refractivity contribution < 1.29 is 35.1 Å². The SMILES string of the molecule is CO[Si](OC)(OC)[Si](O[SiH3])(OC1CCCCCCCCCCC1)[Si](OC)(OC)OC. The molecule has 1 fully saturated rings. The molecule has 0 N–H and O–H groups in total. The molecule has 0 atom stereocenters. The summed E-state index contributed by atoms with van der Waals surface area (Å²) in [6.45, 7) is 0. The van der Waals surface area contributed by atoms with Crippen LogP contribution in [0.25, 0.3) is 0 Å². The maximum atomic E-state index is 6.93. The van der Waals surface area contributed by atoms with Crippen LogP contribution in [0, 0.1) is 0 Å². The van der Waals surface area contributed by atoms with E-state index in [0.717, 1.165) is 25.7 Å². The van der Waals surface area contributed by atoms with Gasteiger partial charge in [-0.1, -0.05) is 57.8 Å². The van der Waals surface area contributed by atoms with Crippen LogP contribution in [0.4, 0.5) is 0 Å². The van der Waals surface area contributed by atoms with E-state index >= 15 is 0 Å². The lowest BCUT2D eigenvalue weighted by Crippen LogP contribution is -2.86. The van der Waals surface area contributed by atoms with E-state index in [1.807, 2.05) is 0 Å². The molecule has 0 bridgehead atoms. The van der Waals surface area contributed by atoms with Gasteiger partial charge in [-0.25, -0.2) is 0 Å². The largest absolute Gasteiger partial charge is 0.542 e. The van der Waals surface area contributed by atoms with Gasteiger partial charge >= 0.3 is 24.2 Å². The van der Waals surface area contributed by atoms with Gasteiger partial charge in [-0.2, -0.15) is 0 Å². The van der Waals surface area contributed by atoms with Gasteiger partial charge in [-0.15, -0.1) is 0 Å². The Balaban J connectivity index is 3.33. The zero-order valence-electron chi connectivity index (χ0n) is 20.1. The van der Waals surface area contributed by atoms with Crippen LogP contribution < -0.4 is 0 Å². The van der Waals surface area contributed by atoms with Crippen LogP contribution in [-0.2, 0) is 35.1 Å². The summed E-state index contributed by atoms with van der Waals surface area (Å²) in [7, 11) is -0.526. The van der Waals surface area contributed by atoms with Crippen molar-refractivity contribution >= 4 is 34.7 Å². The molecule has 1 aliphatic rings. The third kappa shape index (κ3) is 6.32. The molecule has 1 saturated carbocycles. The topological polar surface area (TPSA) is 73.8 Å². The Morgan fingerprint density at radius 1 is 0.533 bits per heavy atom. The zero-order valence-corrected chi connectivity index (χ0v) is 25.1. The number of hydrogen-bond acceptors (Lipinski definition) is 8. The highest BCUT2D eigenvalue weighted by molar-refractivity contribution is 7.58. The molecular formula is C18H44O8Si4. The predicted molar refractivity (Wildman–Crippen MR) is 126 cm³/mol. The van der Waals surface area contributed by atoms with Crippen molar-refractivity contribution in [1.82, 2.24) is 0 Å². The minimum absolute atomic E-state index is 0.00435. The second-order valence-electron chi connectivity index (χ2n) is 7.66. The molecule has 0 unspecified atom stereocenters. The third-order valence-electron chi connectivity index (χ3n) is 6.09. The second kappa shape index (κ2) is 14.6. The first-order chi connectivity index (χ1) is 14.5. The first-order valence-electron chi connectivity index (χ1n) is 11.0. The molecule has 8 nitrogen and oxygen atoms in total. The molecule has 0 saturated heterocycles. The summed E-state index contributed by atoms with van der Waals surface area (Å²) in [4.78, 5) is 0. The molecule has 0 heterocycles. The minimum Gasteiger partial charge on any atom is -0.439 e. The Bertz CT molecular complexity index is 403. The molecule has 1 rings (SSSR count). The van der Waals surface area contributed by atoms with Crippen LogP contribution in [0.15, 0.2) is 0 Å². The maximum absolute atomic E-state index is 6.93. The lowest BCUT2D eigenvalue weighted by Gasteiger charge is -2.46. The molecule has 180 valence electrons. The Morgan fingerprint density at radius 2 is 0.833 bits per heavy atom. The first-order valence-corrected chi connectivity index (χ1v) is 19.1. The summed E-state index contributed by atoms with van der Waals surface area (Å²) in [6.07, 6.45) is 13.2.